The lowest BCUT2D eigenvalue weighted by atomic mass is 9.56. The predicted octanol–water partition coefficient (Wildman–Crippen LogP) is 4.49. The molecule has 3 atom stereocenters. The van der Waals surface area contributed by atoms with Crippen molar-refractivity contribution in [3.63, 3.8) is 0 Å². The molecule has 0 aliphatic heterocycles. The lowest BCUT2D eigenvalue weighted by Gasteiger charge is -2.52. The third-order valence-corrected chi connectivity index (χ3v) is 5.31. The van der Waals surface area contributed by atoms with E-state index < -0.39 is 0 Å². The molecule has 0 radical (unpaired) electrons. The lowest BCUT2D eigenvalue weighted by molar-refractivity contribution is -0.171. The molecular formula is C17H28O2. The van der Waals surface area contributed by atoms with Gasteiger partial charge in [0.1, 0.15) is 5.60 Å². The Morgan fingerprint density at radius 1 is 1.32 bits per heavy atom. The van der Waals surface area contributed by atoms with Crippen molar-refractivity contribution >= 4 is 5.97 Å². The monoisotopic (exact) mass is 264 g/mol. The van der Waals surface area contributed by atoms with Crippen LogP contribution in [-0.4, -0.2) is 11.6 Å². The van der Waals surface area contributed by atoms with Gasteiger partial charge in [0.05, 0.1) is 0 Å². The molecule has 0 bridgehead atoms. The second-order valence-electron chi connectivity index (χ2n) is 7.29. The topological polar surface area (TPSA) is 26.3 Å². The summed E-state index contributed by atoms with van der Waals surface area (Å²) in [6.07, 6.45) is 8.31. The zero-order valence-electron chi connectivity index (χ0n) is 13.1. The molecule has 2 aliphatic rings. The fourth-order valence-electron chi connectivity index (χ4n) is 4.20. The summed E-state index contributed by atoms with van der Waals surface area (Å²) in [6.45, 7) is 10.6. The summed E-state index contributed by atoms with van der Waals surface area (Å²) in [5.41, 5.74) is 1.54. The Balaban J connectivity index is 2.36. The number of allylic oxidation sites excluding steroid dienone is 1. The van der Waals surface area contributed by atoms with Gasteiger partial charge in [-0.3, -0.25) is 4.79 Å². The first-order chi connectivity index (χ1) is 8.77. The van der Waals surface area contributed by atoms with E-state index in [0.29, 0.717) is 17.3 Å². The number of carbonyl (C=O) groups is 1. The maximum Gasteiger partial charge on any atom is 0.303 e. The summed E-state index contributed by atoms with van der Waals surface area (Å²) >= 11 is 0. The second-order valence-corrected chi connectivity index (χ2v) is 7.29. The van der Waals surface area contributed by atoms with E-state index >= 15 is 0 Å². The Morgan fingerprint density at radius 2 is 2.00 bits per heavy atom. The van der Waals surface area contributed by atoms with Crippen LogP contribution in [0.4, 0.5) is 0 Å². The Kier molecular flexibility index (Phi) is 3.81. The van der Waals surface area contributed by atoms with Crippen molar-refractivity contribution in [3.05, 3.63) is 11.6 Å². The number of carbonyl (C=O) groups excluding carboxylic acids is 1. The first-order valence-electron chi connectivity index (χ1n) is 7.67. The van der Waals surface area contributed by atoms with E-state index in [0.717, 1.165) is 6.42 Å². The van der Waals surface area contributed by atoms with Gasteiger partial charge >= 0.3 is 5.97 Å². The Hall–Kier alpha value is -0.790. The lowest BCUT2D eigenvalue weighted by Crippen LogP contribution is -2.51. The number of hydrogen-bond acceptors (Lipinski definition) is 2. The highest BCUT2D eigenvalue weighted by Crippen LogP contribution is 2.54. The average molecular weight is 264 g/mol. The molecule has 0 aromatic rings. The molecule has 1 saturated carbocycles. The number of rotatable bonds is 2. The van der Waals surface area contributed by atoms with E-state index in [2.05, 4.69) is 33.8 Å². The molecule has 2 heteroatoms. The SMILES string of the molecule is CC(=O)O[C@@]1(C)CCC[C@]2(C)CCC(C(C)C)=C[C@H]21. The molecule has 0 spiro atoms. The average Bonchev–Trinajstić information content (AvgIpc) is 2.26. The fraction of sp³-hybridized carbons (Fsp3) is 0.824. The normalized spacial score (nSPS) is 38.6. The van der Waals surface area contributed by atoms with Gasteiger partial charge in [-0.15, -0.1) is 0 Å². The predicted molar refractivity (Wildman–Crippen MR) is 77.8 cm³/mol. The van der Waals surface area contributed by atoms with Gasteiger partial charge in [-0.25, -0.2) is 0 Å². The zero-order chi connectivity index (χ0) is 14.3. The van der Waals surface area contributed by atoms with Crippen molar-refractivity contribution in [3.8, 4) is 0 Å². The first-order valence-corrected chi connectivity index (χ1v) is 7.67. The molecule has 2 nitrogen and oxygen atoms in total. The van der Waals surface area contributed by atoms with Crippen molar-refractivity contribution in [2.45, 2.75) is 72.3 Å². The summed E-state index contributed by atoms with van der Waals surface area (Å²) in [6, 6.07) is 0. The molecule has 2 rings (SSSR count). The van der Waals surface area contributed by atoms with Gasteiger partial charge in [0.25, 0.3) is 0 Å². The largest absolute Gasteiger partial charge is 0.459 e. The van der Waals surface area contributed by atoms with Crippen LogP contribution in [0.5, 0.6) is 0 Å². The van der Waals surface area contributed by atoms with Crippen LogP contribution in [-0.2, 0) is 9.53 Å². The molecule has 0 aromatic carbocycles. The summed E-state index contributed by atoms with van der Waals surface area (Å²) < 4.78 is 5.76. The highest BCUT2D eigenvalue weighted by atomic mass is 16.6. The van der Waals surface area contributed by atoms with Gasteiger partial charge < -0.3 is 4.74 Å². The van der Waals surface area contributed by atoms with Crippen molar-refractivity contribution in [1.29, 1.82) is 0 Å². The van der Waals surface area contributed by atoms with Crippen LogP contribution in [0.2, 0.25) is 0 Å². The highest BCUT2D eigenvalue weighted by Gasteiger charge is 2.51. The summed E-state index contributed by atoms with van der Waals surface area (Å²) in [7, 11) is 0. The van der Waals surface area contributed by atoms with Crippen molar-refractivity contribution in [2.75, 3.05) is 0 Å². The number of esters is 1. The molecular weight excluding hydrogens is 236 g/mol. The summed E-state index contributed by atoms with van der Waals surface area (Å²) in [5.74, 6) is 0.841. The zero-order valence-corrected chi connectivity index (χ0v) is 13.1. The minimum atomic E-state index is -0.306. The van der Waals surface area contributed by atoms with Gasteiger partial charge in [0.15, 0.2) is 0 Å². The van der Waals surface area contributed by atoms with E-state index in [1.807, 2.05) is 0 Å². The van der Waals surface area contributed by atoms with Gasteiger partial charge in [-0.1, -0.05) is 32.4 Å². The van der Waals surface area contributed by atoms with Crippen molar-refractivity contribution in [2.24, 2.45) is 17.3 Å². The summed E-state index contributed by atoms with van der Waals surface area (Å²) in [4.78, 5) is 11.5. The third-order valence-electron chi connectivity index (χ3n) is 5.31. The third kappa shape index (κ3) is 2.73. The van der Waals surface area contributed by atoms with Gasteiger partial charge in [-0.2, -0.15) is 0 Å². The quantitative estimate of drug-likeness (QED) is 0.542. The first kappa shape index (κ1) is 14.6. The van der Waals surface area contributed by atoms with Gasteiger partial charge in [-0.05, 0) is 50.4 Å². The summed E-state index contributed by atoms with van der Waals surface area (Å²) in [5, 5.41) is 0. The molecule has 0 amide bonds. The minimum Gasteiger partial charge on any atom is -0.459 e. The second kappa shape index (κ2) is 4.96. The number of fused-ring (bicyclic) bond motifs is 1. The molecule has 1 fully saturated rings. The van der Waals surface area contributed by atoms with E-state index in [1.54, 1.807) is 5.57 Å². The number of ether oxygens (including phenoxy) is 1. The van der Waals surface area contributed by atoms with Crippen molar-refractivity contribution in [1.82, 2.24) is 0 Å². The smallest absolute Gasteiger partial charge is 0.303 e. The maximum atomic E-state index is 11.5. The van der Waals surface area contributed by atoms with Crippen molar-refractivity contribution < 1.29 is 9.53 Å². The highest BCUT2D eigenvalue weighted by molar-refractivity contribution is 5.66. The van der Waals surface area contributed by atoms with E-state index in [9.17, 15) is 4.79 Å². The Labute approximate surface area is 117 Å². The van der Waals surface area contributed by atoms with E-state index in [-0.39, 0.29) is 11.6 Å². The molecule has 19 heavy (non-hydrogen) atoms. The van der Waals surface area contributed by atoms with Gasteiger partial charge in [0, 0.05) is 12.8 Å². The van der Waals surface area contributed by atoms with Crippen LogP contribution in [0.15, 0.2) is 11.6 Å². The molecule has 108 valence electrons. The Morgan fingerprint density at radius 3 is 2.58 bits per heavy atom. The maximum absolute atomic E-state index is 11.5. The van der Waals surface area contributed by atoms with Crippen LogP contribution in [0, 0.1) is 17.3 Å². The minimum absolute atomic E-state index is 0.142. The standard InChI is InChI=1S/C17H28O2/c1-12(2)14-7-10-16(4)8-6-9-17(5,15(16)11-14)19-13(3)18/h11-12,15H,6-10H2,1-5H3/t15-,16-,17+/m1/s1. The van der Waals surface area contributed by atoms with Crippen LogP contribution in [0.3, 0.4) is 0 Å². The van der Waals surface area contributed by atoms with Crippen LogP contribution < -0.4 is 0 Å². The molecule has 2 aliphatic carbocycles. The molecule has 0 aromatic heterocycles. The van der Waals surface area contributed by atoms with Crippen LogP contribution >= 0.6 is 0 Å². The molecule has 0 unspecified atom stereocenters. The van der Waals surface area contributed by atoms with E-state index in [1.165, 1.54) is 32.6 Å². The molecule has 0 N–H and O–H groups in total. The van der Waals surface area contributed by atoms with Crippen LogP contribution in [0.1, 0.15) is 66.7 Å². The fourth-order valence-corrected chi connectivity index (χ4v) is 4.20. The number of hydrogen-bond donors (Lipinski definition) is 0. The molecule has 0 heterocycles. The van der Waals surface area contributed by atoms with Gasteiger partial charge in [0.2, 0.25) is 0 Å². The Bertz CT molecular complexity index is 396. The van der Waals surface area contributed by atoms with Crippen LogP contribution in [0.25, 0.3) is 0 Å². The van der Waals surface area contributed by atoms with E-state index in [4.69, 9.17) is 4.74 Å². The molecule has 0 saturated heterocycles.